The molecule has 30 heavy (non-hydrogen) atoms. The minimum Gasteiger partial charge on any atom is -0.336 e. The molecule has 2 aromatic heterocycles. The van der Waals surface area contributed by atoms with Crippen LogP contribution in [0.15, 0.2) is 54.7 Å². The van der Waals surface area contributed by atoms with E-state index >= 15 is 0 Å². The van der Waals surface area contributed by atoms with Crippen molar-refractivity contribution in [3.05, 3.63) is 60.3 Å². The first-order valence-corrected chi connectivity index (χ1v) is 10.6. The van der Waals surface area contributed by atoms with E-state index < -0.39 is 0 Å². The summed E-state index contributed by atoms with van der Waals surface area (Å²) in [5.41, 5.74) is 7.39. The molecular formula is C24H28N4O2. The summed E-state index contributed by atoms with van der Waals surface area (Å²) in [6.07, 6.45) is 9.93. The number of carbonyl (C=O) groups is 1. The third-order valence-corrected chi connectivity index (χ3v) is 5.71. The number of aromatic nitrogens is 2. The summed E-state index contributed by atoms with van der Waals surface area (Å²) in [6, 6.07) is 14.2. The zero-order valence-corrected chi connectivity index (χ0v) is 17.5. The lowest BCUT2D eigenvalue weighted by molar-refractivity contribution is -0.129. The number of rotatable bonds is 6. The van der Waals surface area contributed by atoms with E-state index in [9.17, 15) is 4.79 Å². The van der Waals surface area contributed by atoms with Gasteiger partial charge in [-0.25, -0.2) is 4.52 Å². The number of pyridine rings is 1. The average molecular weight is 405 g/mol. The number of nitrogens with zero attached hydrogens (tertiary/aromatic N) is 3. The predicted molar refractivity (Wildman–Crippen MR) is 120 cm³/mol. The number of fused-ring (bicyclic) bond motifs is 1. The lowest BCUT2D eigenvalue weighted by atomic mass is 9.99. The zero-order valence-electron chi connectivity index (χ0n) is 17.5. The van der Waals surface area contributed by atoms with Gasteiger partial charge in [-0.15, -0.1) is 0 Å². The van der Waals surface area contributed by atoms with Crippen LogP contribution in [0.2, 0.25) is 0 Å². The van der Waals surface area contributed by atoms with E-state index in [0.29, 0.717) is 6.04 Å². The van der Waals surface area contributed by atoms with Gasteiger partial charge < -0.3 is 4.90 Å². The largest absolute Gasteiger partial charge is 0.336 e. The van der Waals surface area contributed by atoms with Gasteiger partial charge in [-0.05, 0) is 56.0 Å². The van der Waals surface area contributed by atoms with Crippen LogP contribution in [-0.2, 0) is 9.63 Å². The highest BCUT2D eigenvalue weighted by molar-refractivity contribution is 5.95. The summed E-state index contributed by atoms with van der Waals surface area (Å²) in [5, 5.41) is 4.78. The van der Waals surface area contributed by atoms with E-state index in [-0.39, 0.29) is 5.91 Å². The lowest BCUT2D eigenvalue weighted by Crippen LogP contribution is -2.42. The molecule has 3 aromatic rings. The molecule has 1 amide bonds. The third-order valence-electron chi connectivity index (χ3n) is 5.71. The van der Waals surface area contributed by atoms with Crippen molar-refractivity contribution in [1.29, 1.82) is 0 Å². The maximum Gasteiger partial charge on any atom is 0.246 e. The molecule has 6 nitrogen and oxygen atoms in total. The number of hydrogen-bond donors (Lipinski definition) is 1. The van der Waals surface area contributed by atoms with E-state index in [4.69, 9.17) is 9.94 Å². The number of carbonyl (C=O) groups excluding carboxylic acids is 1. The second-order valence-corrected chi connectivity index (χ2v) is 7.60. The molecule has 1 aliphatic rings. The number of anilines is 1. The molecule has 0 spiro atoms. The van der Waals surface area contributed by atoms with E-state index in [1.165, 1.54) is 6.42 Å². The van der Waals surface area contributed by atoms with Crippen molar-refractivity contribution in [2.75, 3.05) is 19.1 Å². The van der Waals surface area contributed by atoms with Gasteiger partial charge in [0.15, 0.2) is 0 Å². The molecule has 1 atom stereocenters. The van der Waals surface area contributed by atoms with E-state index in [1.807, 2.05) is 64.2 Å². The van der Waals surface area contributed by atoms with Gasteiger partial charge in [0.25, 0.3) is 0 Å². The fraction of sp³-hybridized carbons (Fsp3) is 0.333. The number of amides is 1. The summed E-state index contributed by atoms with van der Waals surface area (Å²) >= 11 is 0. The Morgan fingerprint density at radius 3 is 3.00 bits per heavy atom. The van der Waals surface area contributed by atoms with Crippen molar-refractivity contribution >= 4 is 23.2 Å². The molecule has 6 heteroatoms. The van der Waals surface area contributed by atoms with Crippen LogP contribution in [0.4, 0.5) is 5.69 Å². The Morgan fingerprint density at radius 2 is 2.17 bits per heavy atom. The van der Waals surface area contributed by atoms with Gasteiger partial charge in [0.2, 0.25) is 5.91 Å². The van der Waals surface area contributed by atoms with Crippen LogP contribution in [0.25, 0.3) is 22.9 Å². The molecule has 0 saturated carbocycles. The monoisotopic (exact) mass is 404 g/mol. The van der Waals surface area contributed by atoms with Gasteiger partial charge in [-0.3, -0.25) is 15.1 Å². The number of benzene rings is 1. The lowest BCUT2D eigenvalue weighted by Gasteiger charge is -2.34. The molecule has 1 unspecified atom stereocenters. The SMILES string of the molecule is CCC1CCCCN1C(=O)/C=C/c1c(-c2cccc(NOC)c2)nn2ccccc12. The Morgan fingerprint density at radius 1 is 1.27 bits per heavy atom. The summed E-state index contributed by atoms with van der Waals surface area (Å²) in [7, 11) is 1.58. The van der Waals surface area contributed by atoms with Gasteiger partial charge in [0, 0.05) is 36.0 Å². The first-order chi connectivity index (χ1) is 14.7. The predicted octanol–water partition coefficient (Wildman–Crippen LogP) is 4.78. The Kier molecular flexibility index (Phi) is 6.14. The fourth-order valence-electron chi connectivity index (χ4n) is 4.21. The number of piperidine rings is 1. The van der Waals surface area contributed by atoms with Crippen LogP contribution in [-0.4, -0.2) is 40.1 Å². The van der Waals surface area contributed by atoms with Crippen molar-refractivity contribution in [3.63, 3.8) is 0 Å². The summed E-state index contributed by atoms with van der Waals surface area (Å²) in [5.74, 6) is 0.0811. The van der Waals surface area contributed by atoms with Crippen molar-refractivity contribution in [2.24, 2.45) is 0 Å². The van der Waals surface area contributed by atoms with Gasteiger partial charge >= 0.3 is 0 Å². The average Bonchev–Trinajstić information content (AvgIpc) is 3.16. The maximum atomic E-state index is 13.0. The number of hydrogen-bond acceptors (Lipinski definition) is 4. The van der Waals surface area contributed by atoms with Gasteiger partial charge in [-0.2, -0.15) is 5.10 Å². The molecule has 1 aromatic carbocycles. The maximum absolute atomic E-state index is 13.0. The zero-order chi connectivity index (χ0) is 20.9. The van der Waals surface area contributed by atoms with Crippen LogP contribution in [0, 0.1) is 0 Å². The molecule has 0 aliphatic carbocycles. The van der Waals surface area contributed by atoms with Gasteiger partial charge in [0.05, 0.1) is 18.3 Å². The Balaban J connectivity index is 1.71. The van der Waals surface area contributed by atoms with Crippen LogP contribution in [0.1, 0.15) is 38.2 Å². The normalized spacial score (nSPS) is 17.0. The number of likely N-dealkylation sites (tertiary alicyclic amines) is 1. The highest BCUT2D eigenvalue weighted by Crippen LogP contribution is 2.29. The summed E-state index contributed by atoms with van der Waals surface area (Å²) in [6.45, 7) is 3.00. The minimum atomic E-state index is 0.0811. The quantitative estimate of drug-likeness (QED) is 0.475. The van der Waals surface area contributed by atoms with E-state index in [0.717, 1.165) is 53.8 Å². The molecule has 0 radical (unpaired) electrons. The molecule has 1 N–H and O–H groups in total. The van der Waals surface area contributed by atoms with Crippen molar-refractivity contribution in [1.82, 2.24) is 14.5 Å². The van der Waals surface area contributed by atoms with Crippen LogP contribution < -0.4 is 5.48 Å². The first-order valence-electron chi connectivity index (χ1n) is 10.6. The molecule has 1 aliphatic heterocycles. The minimum absolute atomic E-state index is 0.0811. The standard InChI is InChI=1S/C24H28N4O2/c1-3-20-11-4-6-15-27(20)23(29)14-13-21-22-12-5-7-16-28(22)25-24(21)18-9-8-10-19(17-18)26-30-2/h5,7-10,12-14,16-17,20,26H,3-4,6,11,15H2,1-2H3/b14-13+. The highest BCUT2D eigenvalue weighted by Gasteiger charge is 2.24. The molecule has 1 fully saturated rings. The topological polar surface area (TPSA) is 58.9 Å². The molecule has 1 saturated heterocycles. The molecule has 156 valence electrons. The van der Waals surface area contributed by atoms with Crippen LogP contribution >= 0.6 is 0 Å². The smallest absolute Gasteiger partial charge is 0.246 e. The van der Waals surface area contributed by atoms with Gasteiger partial charge in [-0.1, -0.05) is 25.1 Å². The van der Waals surface area contributed by atoms with Gasteiger partial charge in [0.1, 0.15) is 5.69 Å². The van der Waals surface area contributed by atoms with Crippen molar-refractivity contribution in [3.8, 4) is 11.3 Å². The Bertz CT molecular complexity index is 1060. The highest BCUT2D eigenvalue weighted by atomic mass is 16.6. The Labute approximate surface area is 177 Å². The molecule has 4 rings (SSSR count). The number of nitrogens with one attached hydrogen (secondary N) is 1. The van der Waals surface area contributed by atoms with E-state index in [2.05, 4.69) is 12.4 Å². The summed E-state index contributed by atoms with van der Waals surface area (Å²) in [4.78, 5) is 20.0. The fourth-order valence-corrected chi connectivity index (χ4v) is 4.21. The third kappa shape index (κ3) is 4.09. The second-order valence-electron chi connectivity index (χ2n) is 7.60. The van der Waals surface area contributed by atoms with Crippen molar-refractivity contribution in [2.45, 2.75) is 38.6 Å². The molecule has 3 heterocycles. The molecule has 0 bridgehead atoms. The van der Waals surface area contributed by atoms with Crippen LogP contribution in [0.5, 0.6) is 0 Å². The Hall–Kier alpha value is -3.12. The molecular weight excluding hydrogens is 376 g/mol. The first kappa shape index (κ1) is 20.2. The van der Waals surface area contributed by atoms with Crippen LogP contribution in [0.3, 0.4) is 0 Å². The van der Waals surface area contributed by atoms with Crippen molar-refractivity contribution < 1.29 is 9.63 Å². The second kappa shape index (κ2) is 9.13. The summed E-state index contributed by atoms with van der Waals surface area (Å²) < 4.78 is 1.85. The van der Waals surface area contributed by atoms with E-state index in [1.54, 1.807) is 13.2 Å².